The number of halogens is 1. The summed E-state index contributed by atoms with van der Waals surface area (Å²) >= 11 is 0. The highest BCUT2D eigenvalue weighted by Gasteiger charge is 2.16. The zero-order valence-corrected chi connectivity index (χ0v) is 13.7. The molecule has 0 aliphatic rings. The summed E-state index contributed by atoms with van der Waals surface area (Å²) in [6, 6.07) is 10.6. The molecule has 1 N–H and O–H groups in total. The molecule has 0 unspecified atom stereocenters. The molecule has 7 heteroatoms. The summed E-state index contributed by atoms with van der Waals surface area (Å²) in [7, 11) is -0.808. The fraction of sp³-hybridized carbons (Fsp3) is 0.250. The molecule has 0 aromatic heterocycles. The van der Waals surface area contributed by atoms with Crippen LogP contribution in [0.25, 0.3) is 0 Å². The van der Waals surface area contributed by atoms with Crippen LogP contribution in [-0.2, 0) is 16.4 Å². The van der Waals surface area contributed by atoms with Crippen LogP contribution in [0, 0.1) is 5.82 Å². The van der Waals surface area contributed by atoms with Gasteiger partial charge in [0.2, 0.25) is 10.0 Å². The quantitative estimate of drug-likeness (QED) is 0.841. The van der Waals surface area contributed by atoms with Crippen molar-refractivity contribution >= 4 is 10.0 Å². The second kappa shape index (κ2) is 7.43. The van der Waals surface area contributed by atoms with Gasteiger partial charge in [-0.05, 0) is 30.2 Å². The highest BCUT2D eigenvalue weighted by Crippen LogP contribution is 2.29. The third kappa shape index (κ3) is 4.20. The maximum absolute atomic E-state index is 13.5. The van der Waals surface area contributed by atoms with Crippen molar-refractivity contribution in [1.82, 2.24) is 4.72 Å². The molecule has 0 atom stereocenters. The number of methoxy groups -OCH3 is 2. The Labute approximate surface area is 135 Å². The Morgan fingerprint density at radius 1 is 1.04 bits per heavy atom. The van der Waals surface area contributed by atoms with Gasteiger partial charge in [-0.2, -0.15) is 0 Å². The first-order chi connectivity index (χ1) is 11.0. The van der Waals surface area contributed by atoms with E-state index in [1.165, 1.54) is 38.5 Å². The SMILES string of the molecule is COc1ccc(S(=O)(=O)NCCc2ccccc2F)cc1OC. The van der Waals surface area contributed by atoms with Gasteiger partial charge in [-0.3, -0.25) is 0 Å². The molecule has 0 saturated heterocycles. The highest BCUT2D eigenvalue weighted by molar-refractivity contribution is 7.89. The van der Waals surface area contributed by atoms with Gasteiger partial charge in [-0.25, -0.2) is 17.5 Å². The van der Waals surface area contributed by atoms with Crippen molar-refractivity contribution in [3.8, 4) is 11.5 Å². The standard InChI is InChI=1S/C16H18FNO4S/c1-21-15-8-7-13(11-16(15)22-2)23(19,20)18-10-9-12-5-3-4-6-14(12)17/h3-8,11,18H,9-10H2,1-2H3. The van der Waals surface area contributed by atoms with E-state index in [0.717, 1.165) is 0 Å². The molecular formula is C16H18FNO4S. The number of hydrogen-bond donors (Lipinski definition) is 1. The van der Waals surface area contributed by atoms with E-state index in [2.05, 4.69) is 4.72 Å². The van der Waals surface area contributed by atoms with Crippen LogP contribution in [0.2, 0.25) is 0 Å². The Bertz CT molecular complexity index is 777. The van der Waals surface area contributed by atoms with Crippen molar-refractivity contribution < 1.29 is 22.3 Å². The van der Waals surface area contributed by atoms with Crippen molar-refractivity contribution in [2.24, 2.45) is 0 Å². The summed E-state index contributed by atoms with van der Waals surface area (Å²) in [5.41, 5.74) is 0.461. The van der Waals surface area contributed by atoms with Crippen LogP contribution >= 0.6 is 0 Å². The molecule has 0 amide bonds. The van der Waals surface area contributed by atoms with E-state index in [9.17, 15) is 12.8 Å². The van der Waals surface area contributed by atoms with Gasteiger partial charge < -0.3 is 9.47 Å². The summed E-state index contributed by atoms with van der Waals surface area (Å²) in [5.74, 6) is 0.417. The minimum Gasteiger partial charge on any atom is -0.493 e. The molecule has 2 rings (SSSR count). The lowest BCUT2D eigenvalue weighted by Gasteiger charge is -2.11. The molecule has 0 aliphatic carbocycles. The third-order valence-electron chi connectivity index (χ3n) is 3.31. The van der Waals surface area contributed by atoms with Gasteiger partial charge in [-0.1, -0.05) is 18.2 Å². The Hall–Kier alpha value is -2.12. The Kier molecular flexibility index (Phi) is 5.57. The zero-order chi connectivity index (χ0) is 16.9. The second-order valence-electron chi connectivity index (χ2n) is 4.76. The Balaban J connectivity index is 2.09. The fourth-order valence-electron chi connectivity index (χ4n) is 2.09. The van der Waals surface area contributed by atoms with Gasteiger partial charge in [0.15, 0.2) is 11.5 Å². The van der Waals surface area contributed by atoms with E-state index in [-0.39, 0.29) is 23.7 Å². The lowest BCUT2D eigenvalue weighted by molar-refractivity contribution is 0.354. The third-order valence-corrected chi connectivity index (χ3v) is 4.77. The van der Waals surface area contributed by atoms with Crippen LogP contribution < -0.4 is 14.2 Å². The normalized spacial score (nSPS) is 11.3. The molecule has 0 bridgehead atoms. The van der Waals surface area contributed by atoms with Crippen molar-refractivity contribution in [2.45, 2.75) is 11.3 Å². The van der Waals surface area contributed by atoms with Crippen molar-refractivity contribution in [1.29, 1.82) is 0 Å². The molecule has 23 heavy (non-hydrogen) atoms. The molecule has 5 nitrogen and oxygen atoms in total. The van der Waals surface area contributed by atoms with Gasteiger partial charge in [0.1, 0.15) is 5.82 Å². The molecular weight excluding hydrogens is 321 g/mol. The van der Waals surface area contributed by atoms with E-state index >= 15 is 0 Å². The largest absolute Gasteiger partial charge is 0.493 e. The smallest absolute Gasteiger partial charge is 0.240 e. The first-order valence-corrected chi connectivity index (χ1v) is 8.41. The summed E-state index contributed by atoms with van der Waals surface area (Å²) in [5, 5.41) is 0. The average molecular weight is 339 g/mol. The fourth-order valence-corrected chi connectivity index (χ4v) is 3.14. The summed E-state index contributed by atoms with van der Waals surface area (Å²) in [6.45, 7) is 0.0949. The van der Waals surface area contributed by atoms with Crippen molar-refractivity contribution in [2.75, 3.05) is 20.8 Å². The maximum Gasteiger partial charge on any atom is 0.240 e. The summed E-state index contributed by atoms with van der Waals surface area (Å²) < 4.78 is 50.7. The van der Waals surface area contributed by atoms with Gasteiger partial charge in [0.05, 0.1) is 19.1 Å². The van der Waals surface area contributed by atoms with E-state index in [0.29, 0.717) is 17.1 Å². The van der Waals surface area contributed by atoms with Gasteiger partial charge in [-0.15, -0.1) is 0 Å². The van der Waals surface area contributed by atoms with Gasteiger partial charge >= 0.3 is 0 Å². The van der Waals surface area contributed by atoms with Crippen LogP contribution in [-0.4, -0.2) is 29.2 Å². The van der Waals surface area contributed by atoms with Crippen LogP contribution in [0.5, 0.6) is 11.5 Å². The molecule has 0 spiro atoms. The number of nitrogens with one attached hydrogen (secondary N) is 1. The van der Waals surface area contributed by atoms with Crippen molar-refractivity contribution in [3.05, 3.63) is 53.8 Å². The van der Waals surface area contributed by atoms with Crippen LogP contribution in [0.4, 0.5) is 4.39 Å². The monoisotopic (exact) mass is 339 g/mol. The first kappa shape index (κ1) is 17.2. The maximum atomic E-state index is 13.5. The molecule has 0 saturated carbocycles. The van der Waals surface area contributed by atoms with Gasteiger partial charge in [0.25, 0.3) is 0 Å². The van der Waals surface area contributed by atoms with E-state index in [1.54, 1.807) is 18.2 Å². The zero-order valence-electron chi connectivity index (χ0n) is 12.9. The lowest BCUT2D eigenvalue weighted by atomic mass is 10.1. The topological polar surface area (TPSA) is 64.6 Å². The number of sulfonamides is 1. The van der Waals surface area contributed by atoms with Gasteiger partial charge in [0, 0.05) is 12.6 Å². The molecule has 2 aromatic rings. The minimum atomic E-state index is -3.71. The predicted molar refractivity (Wildman–Crippen MR) is 84.8 cm³/mol. The Morgan fingerprint density at radius 2 is 1.74 bits per heavy atom. The molecule has 0 aliphatic heterocycles. The van der Waals surface area contributed by atoms with E-state index < -0.39 is 10.0 Å². The second-order valence-corrected chi connectivity index (χ2v) is 6.52. The van der Waals surface area contributed by atoms with Crippen LogP contribution in [0.3, 0.4) is 0 Å². The average Bonchev–Trinajstić information content (AvgIpc) is 2.55. The number of ether oxygens (including phenoxy) is 2. The molecule has 0 radical (unpaired) electrons. The Morgan fingerprint density at radius 3 is 2.39 bits per heavy atom. The molecule has 0 heterocycles. The summed E-state index contributed by atoms with van der Waals surface area (Å²) in [4.78, 5) is 0.0590. The van der Waals surface area contributed by atoms with Crippen LogP contribution in [0.15, 0.2) is 47.4 Å². The minimum absolute atomic E-state index is 0.0590. The highest BCUT2D eigenvalue weighted by atomic mass is 32.2. The van der Waals surface area contributed by atoms with E-state index in [4.69, 9.17) is 9.47 Å². The predicted octanol–water partition coefficient (Wildman–Crippen LogP) is 2.36. The lowest BCUT2D eigenvalue weighted by Crippen LogP contribution is -2.26. The number of hydrogen-bond acceptors (Lipinski definition) is 4. The first-order valence-electron chi connectivity index (χ1n) is 6.93. The number of rotatable bonds is 7. The van der Waals surface area contributed by atoms with Crippen LogP contribution in [0.1, 0.15) is 5.56 Å². The molecule has 124 valence electrons. The van der Waals surface area contributed by atoms with E-state index in [1.807, 2.05) is 0 Å². The molecule has 0 fully saturated rings. The molecule has 2 aromatic carbocycles. The van der Waals surface area contributed by atoms with Crippen molar-refractivity contribution in [3.63, 3.8) is 0 Å². The number of benzene rings is 2. The summed E-state index contributed by atoms with van der Waals surface area (Å²) in [6.07, 6.45) is 0.263.